The Labute approximate surface area is 70.9 Å². The lowest BCUT2D eigenvalue weighted by Gasteiger charge is -2.02. The first-order valence-corrected chi connectivity index (χ1v) is 3.88. The van der Waals surface area contributed by atoms with Gasteiger partial charge < -0.3 is 10.1 Å². The summed E-state index contributed by atoms with van der Waals surface area (Å²) < 4.78 is 6.71. The molecule has 0 atom stereocenters. The summed E-state index contributed by atoms with van der Waals surface area (Å²) in [7, 11) is 1.78. The quantitative estimate of drug-likeness (QED) is 0.614. The zero-order valence-corrected chi connectivity index (χ0v) is 7.32. The number of hydrogen-bond donors (Lipinski definition) is 1. The molecule has 1 rings (SSSR count). The van der Waals surface area contributed by atoms with E-state index in [0.717, 1.165) is 13.2 Å². The highest BCUT2D eigenvalue weighted by molar-refractivity contribution is 5.20. The highest BCUT2D eigenvalue weighted by Gasteiger charge is 1.98. The van der Waals surface area contributed by atoms with Gasteiger partial charge in [0.1, 0.15) is 0 Å². The fourth-order valence-electron chi connectivity index (χ4n) is 0.759. The number of ether oxygens (including phenoxy) is 1. The summed E-state index contributed by atoms with van der Waals surface area (Å²) in [5, 5.41) is 13.9. The van der Waals surface area contributed by atoms with Crippen molar-refractivity contribution in [3.8, 4) is 0 Å². The maximum Gasteiger partial charge on any atom is 0.242 e. The van der Waals surface area contributed by atoms with Crippen LogP contribution in [0.1, 0.15) is 6.92 Å². The van der Waals surface area contributed by atoms with Crippen molar-refractivity contribution < 1.29 is 4.74 Å². The van der Waals surface area contributed by atoms with E-state index in [4.69, 9.17) is 4.74 Å². The van der Waals surface area contributed by atoms with Crippen LogP contribution < -0.4 is 5.32 Å². The lowest BCUT2D eigenvalue weighted by Crippen LogP contribution is -2.12. The highest BCUT2D eigenvalue weighted by Crippen LogP contribution is 1.93. The van der Waals surface area contributed by atoms with Gasteiger partial charge in [0, 0.05) is 20.2 Å². The van der Waals surface area contributed by atoms with Gasteiger partial charge in [0.05, 0.1) is 6.61 Å². The molecule has 68 valence electrons. The molecule has 0 aliphatic carbocycles. The van der Waals surface area contributed by atoms with Crippen molar-refractivity contribution in [1.82, 2.24) is 20.2 Å². The van der Waals surface area contributed by atoms with Gasteiger partial charge in [0.15, 0.2) is 0 Å². The molecule has 0 aliphatic rings. The van der Waals surface area contributed by atoms with Crippen LogP contribution in [0.3, 0.4) is 0 Å². The Kier molecular flexibility index (Phi) is 3.46. The number of aromatic nitrogens is 4. The summed E-state index contributed by atoms with van der Waals surface area (Å²) in [4.78, 5) is 0. The third-order valence-electron chi connectivity index (χ3n) is 1.35. The summed E-state index contributed by atoms with van der Waals surface area (Å²) in [5.41, 5.74) is 0. The van der Waals surface area contributed by atoms with Crippen molar-refractivity contribution >= 4 is 5.95 Å². The van der Waals surface area contributed by atoms with E-state index in [2.05, 4.69) is 20.8 Å². The Hall–Kier alpha value is -1.17. The lowest BCUT2D eigenvalue weighted by molar-refractivity contribution is 0.158. The molecule has 0 aliphatic heterocycles. The third kappa shape index (κ3) is 2.46. The molecular weight excluding hydrogens is 158 g/mol. The molecule has 1 aromatic heterocycles. The van der Waals surface area contributed by atoms with Crippen LogP contribution in [0.4, 0.5) is 5.95 Å². The van der Waals surface area contributed by atoms with Crippen molar-refractivity contribution in [2.75, 3.05) is 25.1 Å². The smallest absolute Gasteiger partial charge is 0.242 e. The average molecular weight is 171 g/mol. The predicted octanol–water partition coefficient (Wildman–Crippen LogP) is -0.342. The molecule has 1 heterocycles. The van der Waals surface area contributed by atoms with Crippen LogP contribution in [0.25, 0.3) is 0 Å². The maximum atomic E-state index is 5.13. The summed E-state index contributed by atoms with van der Waals surface area (Å²) >= 11 is 0. The molecule has 0 spiro atoms. The van der Waals surface area contributed by atoms with E-state index < -0.39 is 0 Å². The van der Waals surface area contributed by atoms with Crippen LogP contribution >= 0.6 is 0 Å². The Balaban J connectivity index is 2.20. The van der Waals surface area contributed by atoms with Crippen LogP contribution in [0, 0.1) is 0 Å². The van der Waals surface area contributed by atoms with E-state index in [0.29, 0.717) is 12.6 Å². The molecule has 1 N–H and O–H groups in total. The van der Waals surface area contributed by atoms with Gasteiger partial charge in [-0.2, -0.15) is 0 Å². The summed E-state index contributed by atoms with van der Waals surface area (Å²) in [6, 6.07) is 0. The number of nitrogens with zero attached hydrogens (tertiary/aromatic N) is 4. The van der Waals surface area contributed by atoms with Crippen LogP contribution in [-0.2, 0) is 11.8 Å². The molecule has 6 heteroatoms. The largest absolute Gasteiger partial charge is 0.380 e. The van der Waals surface area contributed by atoms with Gasteiger partial charge in [0.2, 0.25) is 5.95 Å². The van der Waals surface area contributed by atoms with Gasteiger partial charge in [0.25, 0.3) is 0 Å². The Morgan fingerprint density at radius 2 is 2.42 bits per heavy atom. The number of nitrogens with one attached hydrogen (secondary N) is 1. The number of hydrogen-bond acceptors (Lipinski definition) is 5. The first kappa shape index (κ1) is 8.92. The van der Waals surface area contributed by atoms with Gasteiger partial charge >= 0.3 is 0 Å². The van der Waals surface area contributed by atoms with Crippen molar-refractivity contribution in [2.45, 2.75) is 6.92 Å². The molecule has 0 saturated heterocycles. The second-order valence-electron chi connectivity index (χ2n) is 2.25. The van der Waals surface area contributed by atoms with E-state index >= 15 is 0 Å². The Morgan fingerprint density at radius 1 is 1.58 bits per heavy atom. The number of aryl methyl sites for hydroxylation is 1. The maximum absolute atomic E-state index is 5.13. The monoisotopic (exact) mass is 171 g/mol. The van der Waals surface area contributed by atoms with Crippen LogP contribution in [-0.4, -0.2) is 40.0 Å². The van der Waals surface area contributed by atoms with Crippen molar-refractivity contribution in [1.29, 1.82) is 0 Å². The standard InChI is InChI=1S/C6H13N5O/c1-3-12-5-4-7-6-8-9-10-11(6)2/h3-5H2,1-2H3,(H,7,8,10). The number of tetrazole rings is 1. The zero-order valence-electron chi connectivity index (χ0n) is 7.32. The van der Waals surface area contributed by atoms with Crippen molar-refractivity contribution in [3.05, 3.63) is 0 Å². The molecule has 1 aromatic rings. The average Bonchev–Trinajstić information content (AvgIpc) is 2.46. The minimum atomic E-state index is 0.662. The summed E-state index contributed by atoms with van der Waals surface area (Å²) in [6.07, 6.45) is 0. The van der Waals surface area contributed by atoms with E-state index in [-0.39, 0.29) is 0 Å². The molecule has 0 fully saturated rings. The Morgan fingerprint density at radius 3 is 3.00 bits per heavy atom. The van der Waals surface area contributed by atoms with E-state index in [1.165, 1.54) is 0 Å². The molecule has 6 nitrogen and oxygen atoms in total. The topological polar surface area (TPSA) is 64.9 Å². The number of anilines is 1. The molecule has 0 saturated carbocycles. The zero-order chi connectivity index (χ0) is 8.81. The second-order valence-corrected chi connectivity index (χ2v) is 2.25. The van der Waals surface area contributed by atoms with Gasteiger partial charge in [-0.05, 0) is 17.4 Å². The van der Waals surface area contributed by atoms with Crippen molar-refractivity contribution in [2.24, 2.45) is 7.05 Å². The molecule has 0 unspecified atom stereocenters. The first-order chi connectivity index (χ1) is 5.84. The molecular formula is C6H13N5O. The predicted molar refractivity (Wildman–Crippen MR) is 43.8 cm³/mol. The van der Waals surface area contributed by atoms with Gasteiger partial charge in [-0.1, -0.05) is 5.10 Å². The van der Waals surface area contributed by atoms with E-state index in [1.54, 1.807) is 11.7 Å². The third-order valence-corrected chi connectivity index (χ3v) is 1.35. The minimum absolute atomic E-state index is 0.662. The molecule has 0 bridgehead atoms. The second kappa shape index (κ2) is 4.66. The lowest BCUT2D eigenvalue weighted by atomic mass is 10.6. The number of rotatable bonds is 5. The molecule has 0 radical (unpaired) electrons. The normalized spacial score (nSPS) is 10.2. The minimum Gasteiger partial charge on any atom is -0.380 e. The summed E-state index contributed by atoms with van der Waals surface area (Å²) in [5.74, 6) is 0.662. The van der Waals surface area contributed by atoms with E-state index in [1.807, 2.05) is 6.92 Å². The molecule has 0 amide bonds. The van der Waals surface area contributed by atoms with Gasteiger partial charge in [-0.3, -0.25) is 0 Å². The Bertz CT molecular complexity index is 223. The van der Waals surface area contributed by atoms with Gasteiger partial charge in [-0.15, -0.1) is 0 Å². The first-order valence-electron chi connectivity index (χ1n) is 3.88. The van der Waals surface area contributed by atoms with E-state index in [9.17, 15) is 0 Å². The molecule has 12 heavy (non-hydrogen) atoms. The van der Waals surface area contributed by atoms with Gasteiger partial charge in [-0.25, -0.2) is 4.68 Å². The molecule has 0 aromatic carbocycles. The SMILES string of the molecule is CCOCCNc1nnnn1C. The van der Waals surface area contributed by atoms with Crippen LogP contribution in [0.5, 0.6) is 0 Å². The fourth-order valence-corrected chi connectivity index (χ4v) is 0.759. The van der Waals surface area contributed by atoms with Crippen molar-refractivity contribution in [3.63, 3.8) is 0 Å². The highest BCUT2D eigenvalue weighted by atomic mass is 16.5. The van der Waals surface area contributed by atoms with Crippen LogP contribution in [0.15, 0.2) is 0 Å². The fraction of sp³-hybridized carbons (Fsp3) is 0.833. The van der Waals surface area contributed by atoms with Crippen LogP contribution in [0.2, 0.25) is 0 Å². The summed E-state index contributed by atoms with van der Waals surface area (Å²) in [6.45, 7) is 4.09.